The third kappa shape index (κ3) is 3.38. The van der Waals surface area contributed by atoms with Crippen molar-refractivity contribution in [2.75, 3.05) is 18.1 Å². The standard InChI is InChI=1S/C13H14BrN3OS/c14-10-3-1-9(2-4-10)7-12-16-13(18-17-12)11-8-19-6-5-15-11/h1-4,11,15H,5-8H2. The van der Waals surface area contributed by atoms with Gasteiger partial charge in [-0.05, 0) is 17.7 Å². The zero-order chi connectivity index (χ0) is 13.1. The van der Waals surface area contributed by atoms with Gasteiger partial charge in [-0.3, -0.25) is 0 Å². The van der Waals surface area contributed by atoms with Gasteiger partial charge in [-0.1, -0.05) is 33.2 Å². The van der Waals surface area contributed by atoms with E-state index in [9.17, 15) is 0 Å². The van der Waals surface area contributed by atoms with Crippen LogP contribution in [0.1, 0.15) is 23.3 Å². The van der Waals surface area contributed by atoms with Crippen LogP contribution >= 0.6 is 27.7 Å². The van der Waals surface area contributed by atoms with E-state index in [1.165, 1.54) is 5.56 Å². The Morgan fingerprint density at radius 3 is 2.95 bits per heavy atom. The summed E-state index contributed by atoms with van der Waals surface area (Å²) in [6.45, 7) is 1.000. The summed E-state index contributed by atoms with van der Waals surface area (Å²) >= 11 is 5.34. The van der Waals surface area contributed by atoms with E-state index in [0.717, 1.165) is 28.3 Å². The average molecular weight is 340 g/mol. The highest BCUT2D eigenvalue weighted by atomic mass is 79.9. The van der Waals surface area contributed by atoms with Crippen molar-refractivity contribution in [1.82, 2.24) is 15.5 Å². The molecule has 1 unspecified atom stereocenters. The van der Waals surface area contributed by atoms with Crippen LogP contribution in [-0.2, 0) is 6.42 Å². The predicted octanol–water partition coefficient (Wildman–Crippen LogP) is 2.80. The molecule has 2 aromatic rings. The third-order valence-electron chi connectivity index (χ3n) is 2.98. The zero-order valence-corrected chi connectivity index (χ0v) is 12.7. The molecule has 1 aromatic heterocycles. The summed E-state index contributed by atoms with van der Waals surface area (Å²) in [4.78, 5) is 4.49. The molecule has 6 heteroatoms. The van der Waals surface area contributed by atoms with Crippen molar-refractivity contribution in [3.63, 3.8) is 0 Å². The molecule has 1 fully saturated rings. The topological polar surface area (TPSA) is 51.0 Å². The number of nitrogens with one attached hydrogen (secondary N) is 1. The molecule has 19 heavy (non-hydrogen) atoms. The SMILES string of the molecule is Brc1ccc(Cc2noc(C3CSCCN3)n2)cc1. The number of hydrogen-bond donors (Lipinski definition) is 1. The van der Waals surface area contributed by atoms with E-state index in [0.29, 0.717) is 12.3 Å². The van der Waals surface area contributed by atoms with Crippen LogP contribution in [-0.4, -0.2) is 28.2 Å². The Labute approximate surface area is 124 Å². The van der Waals surface area contributed by atoms with Gasteiger partial charge in [0.15, 0.2) is 5.82 Å². The predicted molar refractivity (Wildman–Crippen MR) is 79.3 cm³/mol. The van der Waals surface area contributed by atoms with Gasteiger partial charge in [0.25, 0.3) is 0 Å². The Morgan fingerprint density at radius 2 is 2.21 bits per heavy atom. The van der Waals surface area contributed by atoms with Crippen LogP contribution in [0.15, 0.2) is 33.3 Å². The maximum absolute atomic E-state index is 5.35. The first kappa shape index (κ1) is 13.1. The lowest BCUT2D eigenvalue weighted by molar-refractivity contribution is 0.339. The summed E-state index contributed by atoms with van der Waals surface area (Å²) in [5, 5.41) is 7.46. The number of thioether (sulfide) groups is 1. The first-order valence-corrected chi connectivity index (χ1v) is 8.14. The molecule has 0 aliphatic carbocycles. The molecule has 0 bridgehead atoms. The van der Waals surface area contributed by atoms with E-state index in [2.05, 4.69) is 43.5 Å². The quantitative estimate of drug-likeness (QED) is 0.931. The summed E-state index contributed by atoms with van der Waals surface area (Å²) in [6.07, 6.45) is 0.705. The Hall–Kier alpha value is -0.850. The lowest BCUT2D eigenvalue weighted by atomic mass is 10.1. The highest BCUT2D eigenvalue weighted by molar-refractivity contribution is 9.10. The van der Waals surface area contributed by atoms with Gasteiger partial charge in [-0.25, -0.2) is 0 Å². The van der Waals surface area contributed by atoms with Gasteiger partial charge in [-0.2, -0.15) is 16.7 Å². The second-order valence-electron chi connectivity index (χ2n) is 4.43. The van der Waals surface area contributed by atoms with Gasteiger partial charge >= 0.3 is 0 Å². The van der Waals surface area contributed by atoms with Crippen molar-refractivity contribution in [2.45, 2.75) is 12.5 Å². The first-order chi connectivity index (χ1) is 9.31. The largest absolute Gasteiger partial charge is 0.338 e. The molecule has 0 amide bonds. The van der Waals surface area contributed by atoms with Gasteiger partial charge in [-0.15, -0.1) is 0 Å². The summed E-state index contributed by atoms with van der Waals surface area (Å²) in [5.74, 6) is 3.60. The Bertz CT molecular complexity index is 537. The van der Waals surface area contributed by atoms with E-state index in [-0.39, 0.29) is 6.04 Å². The van der Waals surface area contributed by atoms with Crippen molar-refractivity contribution >= 4 is 27.7 Å². The van der Waals surface area contributed by atoms with Gasteiger partial charge in [0, 0.05) is 28.9 Å². The number of halogens is 1. The van der Waals surface area contributed by atoms with Crippen molar-refractivity contribution in [1.29, 1.82) is 0 Å². The summed E-state index contributed by atoms with van der Waals surface area (Å²) in [7, 11) is 0. The van der Waals surface area contributed by atoms with Crippen LogP contribution in [0.25, 0.3) is 0 Å². The average Bonchev–Trinajstić information content (AvgIpc) is 2.91. The molecule has 3 rings (SSSR count). The van der Waals surface area contributed by atoms with Gasteiger partial charge in [0.2, 0.25) is 5.89 Å². The maximum atomic E-state index is 5.35. The lowest BCUT2D eigenvalue weighted by Gasteiger charge is -2.19. The molecule has 1 saturated heterocycles. The molecular formula is C13H14BrN3OS. The van der Waals surface area contributed by atoms with E-state index >= 15 is 0 Å². The smallest absolute Gasteiger partial charge is 0.244 e. The summed E-state index contributed by atoms with van der Waals surface area (Å²) < 4.78 is 6.43. The van der Waals surface area contributed by atoms with Gasteiger partial charge < -0.3 is 9.84 Å². The second-order valence-corrected chi connectivity index (χ2v) is 6.50. The fraction of sp³-hybridized carbons (Fsp3) is 0.385. The zero-order valence-electron chi connectivity index (χ0n) is 10.3. The Kier molecular flexibility index (Phi) is 4.20. The molecule has 1 atom stereocenters. The van der Waals surface area contributed by atoms with E-state index in [4.69, 9.17) is 4.52 Å². The van der Waals surface area contributed by atoms with Crippen LogP contribution in [0.2, 0.25) is 0 Å². The molecule has 2 heterocycles. The number of rotatable bonds is 3. The number of benzene rings is 1. The molecule has 0 saturated carbocycles. The van der Waals surface area contributed by atoms with Crippen molar-refractivity contribution in [3.8, 4) is 0 Å². The van der Waals surface area contributed by atoms with Crippen LogP contribution < -0.4 is 5.32 Å². The fourth-order valence-corrected chi connectivity index (χ4v) is 3.18. The van der Waals surface area contributed by atoms with Crippen molar-refractivity contribution in [2.24, 2.45) is 0 Å². The Morgan fingerprint density at radius 1 is 1.37 bits per heavy atom. The van der Waals surface area contributed by atoms with Crippen LogP contribution in [0.3, 0.4) is 0 Å². The minimum atomic E-state index is 0.199. The molecular weight excluding hydrogens is 326 g/mol. The van der Waals surface area contributed by atoms with E-state index in [1.54, 1.807) is 0 Å². The maximum Gasteiger partial charge on any atom is 0.244 e. The first-order valence-electron chi connectivity index (χ1n) is 6.19. The minimum Gasteiger partial charge on any atom is -0.338 e. The van der Waals surface area contributed by atoms with Crippen LogP contribution in [0.4, 0.5) is 0 Å². The number of hydrogen-bond acceptors (Lipinski definition) is 5. The third-order valence-corrected chi connectivity index (χ3v) is 4.57. The van der Waals surface area contributed by atoms with Crippen molar-refractivity contribution in [3.05, 3.63) is 46.0 Å². The summed E-state index contributed by atoms with van der Waals surface area (Å²) in [6, 6.07) is 8.37. The van der Waals surface area contributed by atoms with Gasteiger partial charge in [0.1, 0.15) is 0 Å². The molecule has 1 aromatic carbocycles. The molecule has 4 nitrogen and oxygen atoms in total. The number of aromatic nitrogens is 2. The molecule has 1 aliphatic rings. The Balaban J connectivity index is 1.68. The number of nitrogens with zero attached hydrogens (tertiary/aromatic N) is 2. The molecule has 0 radical (unpaired) electrons. The normalized spacial score (nSPS) is 19.5. The molecule has 100 valence electrons. The molecule has 1 N–H and O–H groups in total. The van der Waals surface area contributed by atoms with E-state index in [1.807, 2.05) is 23.9 Å². The lowest BCUT2D eigenvalue weighted by Crippen LogP contribution is -2.30. The van der Waals surface area contributed by atoms with Gasteiger partial charge in [0.05, 0.1) is 6.04 Å². The second kappa shape index (κ2) is 6.07. The van der Waals surface area contributed by atoms with Crippen LogP contribution in [0.5, 0.6) is 0 Å². The fourth-order valence-electron chi connectivity index (χ4n) is 1.99. The highest BCUT2D eigenvalue weighted by Crippen LogP contribution is 2.21. The van der Waals surface area contributed by atoms with Crippen molar-refractivity contribution < 1.29 is 4.52 Å². The molecule has 1 aliphatic heterocycles. The highest BCUT2D eigenvalue weighted by Gasteiger charge is 2.21. The van der Waals surface area contributed by atoms with Crippen LogP contribution in [0, 0.1) is 0 Å². The van der Waals surface area contributed by atoms with E-state index < -0.39 is 0 Å². The summed E-state index contributed by atoms with van der Waals surface area (Å²) in [5.41, 5.74) is 1.18. The minimum absolute atomic E-state index is 0.199. The monoisotopic (exact) mass is 339 g/mol. The molecule has 0 spiro atoms.